The summed E-state index contributed by atoms with van der Waals surface area (Å²) < 4.78 is 0. The summed E-state index contributed by atoms with van der Waals surface area (Å²) >= 11 is 13.8. The van der Waals surface area contributed by atoms with E-state index in [1.165, 1.54) is 11.1 Å². The van der Waals surface area contributed by atoms with Gasteiger partial charge in [-0.05, 0) is 49.9 Å². The Labute approximate surface area is 205 Å². The van der Waals surface area contributed by atoms with Gasteiger partial charge >= 0.3 is 0 Å². The van der Waals surface area contributed by atoms with E-state index >= 15 is 0 Å². The van der Waals surface area contributed by atoms with Crippen LogP contribution in [0.1, 0.15) is 49.3 Å². The van der Waals surface area contributed by atoms with Gasteiger partial charge in [0.25, 0.3) is 0 Å². The Kier molecular flexibility index (Phi) is 9.33. The lowest BCUT2D eigenvalue weighted by molar-refractivity contribution is -0.138. The van der Waals surface area contributed by atoms with E-state index in [2.05, 4.69) is 36.5 Å². The van der Waals surface area contributed by atoms with E-state index in [0.717, 1.165) is 37.0 Å². The maximum absolute atomic E-state index is 13.2. The molecule has 0 bridgehead atoms. The summed E-state index contributed by atoms with van der Waals surface area (Å²) in [6, 6.07) is 13.3. The van der Waals surface area contributed by atoms with Gasteiger partial charge in [0.2, 0.25) is 11.8 Å². The summed E-state index contributed by atoms with van der Waals surface area (Å²) in [4.78, 5) is 27.8. The van der Waals surface area contributed by atoms with Crippen molar-refractivity contribution in [1.82, 2.24) is 10.2 Å². The van der Waals surface area contributed by atoms with Crippen molar-refractivity contribution in [2.45, 2.75) is 63.9 Å². The van der Waals surface area contributed by atoms with Crippen molar-refractivity contribution in [2.24, 2.45) is 0 Å². The molecule has 0 unspecified atom stereocenters. The minimum Gasteiger partial charge on any atom is -0.352 e. The highest BCUT2D eigenvalue weighted by Gasteiger charge is 2.28. The lowest BCUT2D eigenvalue weighted by atomic mass is 10.1. The van der Waals surface area contributed by atoms with Crippen molar-refractivity contribution in [1.29, 1.82) is 0 Å². The molecule has 2 amide bonds. The number of hydrogen-bond donors (Lipinski definition) is 1. The van der Waals surface area contributed by atoms with Gasteiger partial charge < -0.3 is 10.2 Å². The number of rotatable bonds is 9. The number of nitrogens with zero attached hydrogens (tertiary/aromatic N) is 1. The van der Waals surface area contributed by atoms with E-state index in [9.17, 15) is 9.59 Å². The second-order valence-electron chi connectivity index (χ2n) is 8.41. The maximum atomic E-state index is 13.2. The summed E-state index contributed by atoms with van der Waals surface area (Å²) in [5.41, 5.74) is 3.23. The number of hydrogen-bond acceptors (Lipinski definition) is 3. The van der Waals surface area contributed by atoms with Crippen LogP contribution in [-0.2, 0) is 21.9 Å². The van der Waals surface area contributed by atoms with Crippen molar-refractivity contribution >= 4 is 46.8 Å². The summed E-state index contributed by atoms with van der Waals surface area (Å²) in [6.45, 7) is 4.16. The molecule has 32 heavy (non-hydrogen) atoms. The van der Waals surface area contributed by atoms with E-state index in [1.807, 2.05) is 6.07 Å². The number of carbonyl (C=O) groups is 2. The molecule has 1 saturated carbocycles. The molecular formula is C25H30Cl2N2O2S. The molecule has 0 spiro atoms. The number of benzene rings is 2. The van der Waals surface area contributed by atoms with Crippen LogP contribution in [0, 0.1) is 6.92 Å². The molecule has 3 rings (SSSR count). The SMILES string of the molecule is Cc1ccc(CSCC(=O)N(Cc2ccc(Cl)c(Cl)c2)[C@H](C)C(=O)NC2CCCC2)cc1. The Hall–Kier alpha value is -1.69. The van der Waals surface area contributed by atoms with Gasteiger partial charge in [0.15, 0.2) is 0 Å². The highest BCUT2D eigenvalue weighted by Crippen LogP contribution is 2.24. The van der Waals surface area contributed by atoms with Crippen LogP contribution in [0.5, 0.6) is 0 Å². The first-order valence-electron chi connectivity index (χ1n) is 11.0. The van der Waals surface area contributed by atoms with Crippen molar-refractivity contribution in [3.63, 3.8) is 0 Å². The minimum atomic E-state index is -0.572. The summed E-state index contributed by atoms with van der Waals surface area (Å²) in [7, 11) is 0. The smallest absolute Gasteiger partial charge is 0.242 e. The second-order valence-corrected chi connectivity index (χ2v) is 10.2. The molecule has 2 aromatic carbocycles. The molecule has 1 fully saturated rings. The van der Waals surface area contributed by atoms with Crippen molar-refractivity contribution in [3.8, 4) is 0 Å². The normalized spacial score (nSPS) is 14.9. The molecule has 0 saturated heterocycles. The number of carbonyl (C=O) groups excluding carboxylic acids is 2. The first-order valence-corrected chi connectivity index (χ1v) is 12.9. The number of amides is 2. The molecule has 1 atom stereocenters. The van der Waals surface area contributed by atoms with Gasteiger partial charge in [-0.3, -0.25) is 9.59 Å². The van der Waals surface area contributed by atoms with Crippen LogP contribution in [0.4, 0.5) is 0 Å². The Bertz CT molecular complexity index is 930. The van der Waals surface area contributed by atoms with Gasteiger partial charge in [-0.2, -0.15) is 0 Å². The summed E-state index contributed by atoms with van der Waals surface area (Å²) in [5.74, 6) is 0.877. The topological polar surface area (TPSA) is 49.4 Å². The molecule has 172 valence electrons. The van der Waals surface area contributed by atoms with Crippen molar-refractivity contribution in [3.05, 3.63) is 69.2 Å². The van der Waals surface area contributed by atoms with Crippen LogP contribution in [-0.4, -0.2) is 34.6 Å². The van der Waals surface area contributed by atoms with Crippen molar-refractivity contribution < 1.29 is 9.59 Å². The minimum absolute atomic E-state index is 0.0674. The molecule has 4 nitrogen and oxygen atoms in total. The van der Waals surface area contributed by atoms with E-state index in [0.29, 0.717) is 22.3 Å². The van der Waals surface area contributed by atoms with Gasteiger partial charge in [0.1, 0.15) is 6.04 Å². The van der Waals surface area contributed by atoms with Gasteiger partial charge in [-0.1, -0.05) is 71.9 Å². The largest absolute Gasteiger partial charge is 0.352 e. The highest BCUT2D eigenvalue weighted by molar-refractivity contribution is 7.99. The fourth-order valence-electron chi connectivity index (χ4n) is 3.83. The molecule has 0 heterocycles. The lowest BCUT2D eigenvalue weighted by Gasteiger charge is -2.30. The Morgan fingerprint density at radius 1 is 1.06 bits per heavy atom. The fourth-order valence-corrected chi connectivity index (χ4v) is 5.02. The number of halogens is 2. The highest BCUT2D eigenvalue weighted by atomic mass is 35.5. The molecule has 7 heteroatoms. The maximum Gasteiger partial charge on any atom is 0.242 e. The van der Waals surface area contributed by atoms with Crippen LogP contribution < -0.4 is 5.32 Å². The first kappa shape index (κ1) is 24.9. The molecule has 0 radical (unpaired) electrons. The van der Waals surface area contributed by atoms with E-state index in [-0.39, 0.29) is 17.9 Å². The van der Waals surface area contributed by atoms with Crippen LogP contribution in [0.25, 0.3) is 0 Å². The molecule has 0 aliphatic heterocycles. The van der Waals surface area contributed by atoms with E-state index < -0.39 is 6.04 Å². The Morgan fingerprint density at radius 2 is 1.72 bits per heavy atom. The van der Waals surface area contributed by atoms with E-state index in [4.69, 9.17) is 23.2 Å². The molecule has 0 aromatic heterocycles. The van der Waals surface area contributed by atoms with Gasteiger partial charge in [-0.25, -0.2) is 0 Å². The predicted molar refractivity (Wildman–Crippen MR) is 134 cm³/mol. The standard InChI is InChI=1S/C25H30Cl2N2O2S/c1-17-7-9-19(10-8-17)15-32-16-24(30)29(14-20-11-12-22(26)23(27)13-20)18(2)25(31)28-21-5-3-4-6-21/h7-13,18,21H,3-6,14-16H2,1-2H3,(H,28,31)/t18-/m1/s1. The second kappa shape index (κ2) is 12.0. The zero-order valence-corrected chi connectivity index (χ0v) is 20.9. The third kappa shape index (κ3) is 7.16. The van der Waals surface area contributed by atoms with Crippen LogP contribution in [0.2, 0.25) is 10.0 Å². The average Bonchev–Trinajstić information content (AvgIpc) is 3.28. The Balaban J connectivity index is 1.67. The third-order valence-electron chi connectivity index (χ3n) is 5.82. The van der Waals surface area contributed by atoms with Crippen LogP contribution in [0.15, 0.2) is 42.5 Å². The molecule has 1 aliphatic carbocycles. The third-order valence-corrected chi connectivity index (χ3v) is 7.55. The Morgan fingerprint density at radius 3 is 2.38 bits per heavy atom. The fraction of sp³-hybridized carbons (Fsp3) is 0.440. The van der Waals surface area contributed by atoms with Crippen LogP contribution >= 0.6 is 35.0 Å². The number of thioether (sulfide) groups is 1. The summed E-state index contributed by atoms with van der Waals surface area (Å²) in [5, 5.41) is 4.03. The van der Waals surface area contributed by atoms with Gasteiger partial charge in [-0.15, -0.1) is 11.8 Å². The number of aryl methyl sites for hydroxylation is 1. The molecule has 1 N–H and O–H groups in total. The number of nitrogens with one attached hydrogen (secondary N) is 1. The van der Waals surface area contributed by atoms with E-state index in [1.54, 1.807) is 35.7 Å². The molecular weight excluding hydrogens is 463 g/mol. The zero-order valence-electron chi connectivity index (χ0n) is 18.6. The predicted octanol–water partition coefficient (Wildman–Crippen LogP) is 6.01. The average molecular weight is 494 g/mol. The van der Waals surface area contributed by atoms with Crippen LogP contribution in [0.3, 0.4) is 0 Å². The molecule has 1 aliphatic rings. The lowest BCUT2D eigenvalue weighted by Crippen LogP contribution is -2.50. The van der Waals surface area contributed by atoms with Gasteiger partial charge in [0, 0.05) is 18.3 Å². The molecule has 2 aromatic rings. The monoisotopic (exact) mass is 492 g/mol. The zero-order chi connectivity index (χ0) is 23.1. The van der Waals surface area contributed by atoms with Crippen molar-refractivity contribution in [2.75, 3.05) is 5.75 Å². The van der Waals surface area contributed by atoms with Gasteiger partial charge in [0.05, 0.1) is 15.8 Å². The summed E-state index contributed by atoms with van der Waals surface area (Å²) in [6.07, 6.45) is 4.29. The first-order chi connectivity index (χ1) is 15.3. The quantitative estimate of drug-likeness (QED) is 0.466.